The van der Waals surface area contributed by atoms with Gasteiger partial charge in [0.15, 0.2) is 0 Å². The van der Waals surface area contributed by atoms with Gasteiger partial charge in [-0.05, 0) is 6.07 Å². The molecule has 0 heterocycles. The third-order valence-corrected chi connectivity index (χ3v) is 1.88. The van der Waals surface area contributed by atoms with Crippen molar-refractivity contribution in [2.75, 3.05) is 0 Å². The number of benzene rings is 1. The van der Waals surface area contributed by atoms with Crippen LogP contribution in [0.1, 0.15) is 11.5 Å². The summed E-state index contributed by atoms with van der Waals surface area (Å²) in [4.78, 5) is 10.4. The molecule has 0 aliphatic heterocycles. The van der Waals surface area contributed by atoms with E-state index < -0.39 is 11.7 Å². The highest BCUT2D eigenvalue weighted by atomic mass is 35.5. The molecule has 0 saturated heterocycles. The van der Waals surface area contributed by atoms with Crippen LogP contribution in [0.2, 0.25) is 5.02 Å². The van der Waals surface area contributed by atoms with E-state index in [1.54, 1.807) is 6.07 Å². The summed E-state index contributed by atoms with van der Waals surface area (Å²) in [5.41, 5.74) is 0.0185. The summed E-state index contributed by atoms with van der Waals surface area (Å²) in [5, 5.41) is 8.42. The fourth-order valence-electron chi connectivity index (χ4n) is 0.934. The molecule has 1 aromatic rings. The van der Waals surface area contributed by atoms with Crippen LogP contribution in [0.3, 0.4) is 0 Å². The van der Waals surface area contributed by atoms with Gasteiger partial charge in [0.05, 0.1) is 11.1 Å². The molecular weight excluding hydrogens is 193 g/mol. The molecule has 4 heteroatoms. The molecule has 0 aliphatic rings. The Hall–Kier alpha value is -1.40. The number of hydrogen-bond donors (Lipinski definition) is 0. The van der Waals surface area contributed by atoms with E-state index in [-0.39, 0.29) is 10.6 Å². The molecule has 0 N–H and O–H groups in total. The summed E-state index contributed by atoms with van der Waals surface area (Å²) in [6.45, 7) is 0. The third-order valence-electron chi connectivity index (χ3n) is 1.59. The van der Waals surface area contributed by atoms with Crippen molar-refractivity contribution in [1.29, 1.82) is 5.26 Å². The summed E-state index contributed by atoms with van der Waals surface area (Å²) >= 11 is 5.47. The Morgan fingerprint density at radius 3 is 2.85 bits per heavy atom. The van der Waals surface area contributed by atoms with Gasteiger partial charge in [0, 0.05) is 5.56 Å². The number of aldehydes is 1. The van der Waals surface area contributed by atoms with Crippen molar-refractivity contribution in [3.8, 4) is 6.07 Å². The van der Waals surface area contributed by atoms with Crippen LogP contribution in [0.15, 0.2) is 18.2 Å². The Labute approximate surface area is 79.5 Å². The molecule has 0 radical (unpaired) electrons. The molecule has 0 saturated carbocycles. The molecule has 13 heavy (non-hydrogen) atoms. The van der Waals surface area contributed by atoms with Gasteiger partial charge in [-0.25, -0.2) is 4.39 Å². The minimum atomic E-state index is -1.08. The summed E-state index contributed by atoms with van der Waals surface area (Å²) in [5.74, 6) is -1.79. The third kappa shape index (κ3) is 1.85. The summed E-state index contributed by atoms with van der Waals surface area (Å²) < 4.78 is 13.2. The second kappa shape index (κ2) is 4.01. The van der Waals surface area contributed by atoms with E-state index in [0.717, 1.165) is 0 Å². The second-order valence-electron chi connectivity index (χ2n) is 2.39. The number of nitriles is 1. The van der Waals surface area contributed by atoms with Gasteiger partial charge < -0.3 is 4.79 Å². The molecule has 66 valence electrons. The number of rotatable bonds is 2. The van der Waals surface area contributed by atoms with Gasteiger partial charge in [0.25, 0.3) is 0 Å². The summed E-state index contributed by atoms with van der Waals surface area (Å²) in [6, 6.07) is 5.89. The monoisotopic (exact) mass is 197 g/mol. The maximum Gasteiger partial charge on any atom is 0.146 e. The normalized spacial score (nSPS) is 11.8. The Bertz CT molecular complexity index is 372. The lowest BCUT2D eigenvalue weighted by molar-refractivity contribution is -0.108. The van der Waals surface area contributed by atoms with E-state index in [0.29, 0.717) is 6.29 Å². The molecule has 1 unspecified atom stereocenters. The fraction of sp³-hybridized carbons (Fsp3) is 0.111. The van der Waals surface area contributed by atoms with E-state index in [1.807, 2.05) is 0 Å². The number of nitrogens with zero attached hydrogens (tertiary/aromatic N) is 1. The first-order valence-corrected chi connectivity index (χ1v) is 3.87. The predicted molar refractivity (Wildman–Crippen MR) is 45.8 cm³/mol. The van der Waals surface area contributed by atoms with E-state index in [1.165, 1.54) is 18.2 Å². The Morgan fingerprint density at radius 2 is 2.31 bits per heavy atom. The van der Waals surface area contributed by atoms with Crippen LogP contribution in [0.4, 0.5) is 4.39 Å². The summed E-state index contributed by atoms with van der Waals surface area (Å²) in [6.07, 6.45) is 0.384. The van der Waals surface area contributed by atoms with Gasteiger partial charge >= 0.3 is 0 Å². The highest BCUT2D eigenvalue weighted by Crippen LogP contribution is 2.23. The van der Waals surface area contributed by atoms with Crippen LogP contribution < -0.4 is 0 Å². The molecule has 2 nitrogen and oxygen atoms in total. The molecule has 0 bridgehead atoms. The second-order valence-corrected chi connectivity index (χ2v) is 2.79. The van der Waals surface area contributed by atoms with Crippen molar-refractivity contribution in [3.05, 3.63) is 34.6 Å². The zero-order valence-electron chi connectivity index (χ0n) is 6.50. The molecule has 0 aliphatic carbocycles. The minimum absolute atomic E-state index is 0.0185. The highest BCUT2D eigenvalue weighted by molar-refractivity contribution is 6.30. The molecule has 1 rings (SSSR count). The van der Waals surface area contributed by atoms with Gasteiger partial charge in [0.2, 0.25) is 0 Å². The number of hydrogen-bond acceptors (Lipinski definition) is 2. The zero-order chi connectivity index (χ0) is 9.84. The molecule has 0 fully saturated rings. The van der Waals surface area contributed by atoms with Gasteiger partial charge in [-0.3, -0.25) is 0 Å². The van der Waals surface area contributed by atoms with Crippen LogP contribution in [0.25, 0.3) is 0 Å². The fourth-order valence-corrected chi connectivity index (χ4v) is 1.12. The molecule has 1 atom stereocenters. The Balaban J connectivity index is 3.22. The van der Waals surface area contributed by atoms with Crippen molar-refractivity contribution < 1.29 is 9.18 Å². The van der Waals surface area contributed by atoms with E-state index >= 15 is 0 Å². The van der Waals surface area contributed by atoms with Crippen LogP contribution >= 0.6 is 11.6 Å². The van der Waals surface area contributed by atoms with Crippen molar-refractivity contribution in [1.82, 2.24) is 0 Å². The lowest BCUT2D eigenvalue weighted by atomic mass is 10.0. The quantitative estimate of drug-likeness (QED) is 0.683. The van der Waals surface area contributed by atoms with Gasteiger partial charge in [-0.15, -0.1) is 0 Å². The number of halogens is 2. The smallest absolute Gasteiger partial charge is 0.146 e. The van der Waals surface area contributed by atoms with Gasteiger partial charge in [-0.1, -0.05) is 23.7 Å². The van der Waals surface area contributed by atoms with E-state index in [4.69, 9.17) is 16.9 Å². The van der Waals surface area contributed by atoms with Gasteiger partial charge in [0.1, 0.15) is 18.0 Å². The van der Waals surface area contributed by atoms with Crippen LogP contribution in [0, 0.1) is 17.1 Å². The highest BCUT2D eigenvalue weighted by Gasteiger charge is 2.15. The largest absolute Gasteiger partial charge is 0.302 e. The van der Waals surface area contributed by atoms with E-state index in [9.17, 15) is 9.18 Å². The van der Waals surface area contributed by atoms with Crippen LogP contribution in [0.5, 0.6) is 0 Å². The average molecular weight is 198 g/mol. The van der Waals surface area contributed by atoms with Crippen molar-refractivity contribution in [2.45, 2.75) is 5.92 Å². The minimum Gasteiger partial charge on any atom is -0.302 e. The van der Waals surface area contributed by atoms with Crippen LogP contribution in [-0.2, 0) is 4.79 Å². The average Bonchev–Trinajstić information content (AvgIpc) is 2.14. The van der Waals surface area contributed by atoms with Gasteiger partial charge in [-0.2, -0.15) is 5.26 Å². The topological polar surface area (TPSA) is 40.9 Å². The lowest BCUT2D eigenvalue weighted by Crippen LogP contribution is -2.00. The van der Waals surface area contributed by atoms with Crippen molar-refractivity contribution in [2.24, 2.45) is 0 Å². The maximum atomic E-state index is 13.2. The molecule has 0 aromatic heterocycles. The number of carbonyl (C=O) groups excluding carboxylic acids is 1. The molecule has 0 amide bonds. The zero-order valence-corrected chi connectivity index (χ0v) is 7.25. The SMILES string of the molecule is N#CC(C=O)c1cccc(Cl)c1F. The summed E-state index contributed by atoms with van der Waals surface area (Å²) in [7, 11) is 0. The first kappa shape index (κ1) is 9.69. The Morgan fingerprint density at radius 1 is 1.62 bits per heavy atom. The lowest BCUT2D eigenvalue weighted by Gasteiger charge is -2.03. The first-order valence-electron chi connectivity index (χ1n) is 3.49. The van der Waals surface area contributed by atoms with Crippen molar-refractivity contribution >= 4 is 17.9 Å². The molecular formula is C9H5ClFNO. The standard InChI is InChI=1S/C9H5ClFNO/c10-8-3-1-2-7(9(8)11)6(4-12)5-13/h1-3,5-6H. The van der Waals surface area contributed by atoms with Crippen molar-refractivity contribution in [3.63, 3.8) is 0 Å². The predicted octanol–water partition coefficient (Wildman–Crippen LogP) is 2.29. The van der Waals surface area contributed by atoms with E-state index in [2.05, 4.69) is 0 Å². The number of carbonyl (C=O) groups is 1. The first-order chi connectivity index (χ1) is 6.20. The molecule has 0 spiro atoms. The Kier molecular flexibility index (Phi) is 2.99. The maximum absolute atomic E-state index is 13.2. The van der Waals surface area contributed by atoms with Crippen LogP contribution in [-0.4, -0.2) is 6.29 Å². The molecule has 1 aromatic carbocycles.